The van der Waals surface area contributed by atoms with Gasteiger partial charge in [0.15, 0.2) is 0 Å². The van der Waals surface area contributed by atoms with Crippen LogP contribution in [0.1, 0.15) is 22.5 Å². The summed E-state index contributed by atoms with van der Waals surface area (Å²) >= 11 is 0. The molecule has 1 saturated heterocycles. The van der Waals surface area contributed by atoms with Crippen molar-refractivity contribution in [1.29, 1.82) is 0 Å². The second-order valence-corrected chi connectivity index (χ2v) is 7.94. The number of aliphatic hydroxyl groups excluding tert-OH is 1. The molecule has 1 aliphatic heterocycles. The summed E-state index contributed by atoms with van der Waals surface area (Å²) in [5.74, 6) is 0.827. The summed E-state index contributed by atoms with van der Waals surface area (Å²) in [4.78, 5) is 27.7. The Labute approximate surface area is 174 Å². The smallest absolute Gasteiger partial charge is 0.290 e. The lowest BCUT2D eigenvalue weighted by Gasteiger charge is -2.34. The third kappa shape index (κ3) is 3.66. The van der Waals surface area contributed by atoms with Crippen molar-refractivity contribution in [2.45, 2.75) is 19.4 Å². The Balaban J connectivity index is 0.000000687. The fourth-order valence-electron chi connectivity index (χ4n) is 4.52. The van der Waals surface area contributed by atoms with Gasteiger partial charge in [-0.05, 0) is 54.7 Å². The van der Waals surface area contributed by atoms with Crippen molar-refractivity contribution in [3.05, 3.63) is 65.9 Å². The number of aliphatic hydroxyl groups is 1. The number of carbonyl (C=O) groups excluding carboxylic acids is 1. The van der Waals surface area contributed by atoms with Crippen LogP contribution in [-0.2, 0) is 4.79 Å². The van der Waals surface area contributed by atoms with Crippen LogP contribution in [0.25, 0.3) is 22.0 Å². The first-order valence-corrected chi connectivity index (χ1v) is 10.0. The maximum atomic E-state index is 12.8. The molecule has 1 saturated carbocycles. The van der Waals surface area contributed by atoms with E-state index in [9.17, 15) is 9.90 Å². The third-order valence-electron chi connectivity index (χ3n) is 6.13. The molecule has 2 aromatic carbocycles. The van der Waals surface area contributed by atoms with Gasteiger partial charge in [-0.1, -0.05) is 30.3 Å². The molecule has 5 rings (SSSR count). The van der Waals surface area contributed by atoms with E-state index in [2.05, 4.69) is 17.1 Å². The van der Waals surface area contributed by atoms with Gasteiger partial charge in [0.25, 0.3) is 12.4 Å². The third-order valence-corrected chi connectivity index (χ3v) is 6.13. The first-order chi connectivity index (χ1) is 14.5. The first kappa shape index (κ1) is 20.0. The van der Waals surface area contributed by atoms with Crippen LogP contribution in [0.5, 0.6) is 0 Å². The number of nitrogens with zero attached hydrogens (tertiary/aromatic N) is 2. The maximum Gasteiger partial charge on any atom is 0.290 e. The second kappa shape index (κ2) is 8.24. The van der Waals surface area contributed by atoms with Crippen LogP contribution in [0.15, 0.2) is 54.6 Å². The number of hydrogen-bond acceptors (Lipinski definition) is 4. The van der Waals surface area contributed by atoms with Crippen molar-refractivity contribution in [3.8, 4) is 11.1 Å². The zero-order valence-electron chi connectivity index (χ0n) is 16.7. The van der Waals surface area contributed by atoms with Crippen LogP contribution < -0.4 is 0 Å². The molecule has 3 aromatic rings. The molecule has 2 aliphatic rings. The number of rotatable bonds is 2. The summed E-state index contributed by atoms with van der Waals surface area (Å²) in [6.45, 7) is 3.20. The second-order valence-electron chi connectivity index (χ2n) is 7.94. The van der Waals surface area contributed by atoms with Crippen molar-refractivity contribution >= 4 is 23.3 Å². The van der Waals surface area contributed by atoms with E-state index in [1.165, 1.54) is 0 Å². The van der Waals surface area contributed by atoms with Crippen molar-refractivity contribution in [1.82, 2.24) is 9.88 Å². The molecule has 0 radical (unpaired) electrons. The highest BCUT2D eigenvalue weighted by Crippen LogP contribution is 2.41. The molecule has 1 aliphatic carbocycles. The number of pyridine rings is 1. The van der Waals surface area contributed by atoms with Crippen LogP contribution in [0.2, 0.25) is 0 Å². The number of benzene rings is 2. The predicted molar refractivity (Wildman–Crippen MR) is 114 cm³/mol. The van der Waals surface area contributed by atoms with E-state index in [0.29, 0.717) is 18.0 Å². The first-order valence-electron chi connectivity index (χ1n) is 10.0. The standard InChI is InChI=1S/C23H22N2O2.CH2O2/c1-14-5-10-19-18(3-2-4-21(19)24-14)15-6-8-16(9-7-15)23(27)25-12-17-11-22(26)20(17)13-25;2-1-3/h2-10,17,20,22,26H,11-13H2,1H3;1H,(H,2,3)/t17-,20+,22-;/m0./s1. The van der Waals surface area contributed by atoms with Crippen LogP contribution >= 0.6 is 0 Å². The van der Waals surface area contributed by atoms with Gasteiger partial charge in [0.05, 0.1) is 11.6 Å². The summed E-state index contributed by atoms with van der Waals surface area (Å²) in [5.41, 5.74) is 4.91. The van der Waals surface area contributed by atoms with Crippen molar-refractivity contribution in [2.24, 2.45) is 11.8 Å². The number of amides is 1. The van der Waals surface area contributed by atoms with Gasteiger partial charge in [-0.2, -0.15) is 0 Å². The predicted octanol–water partition coefficient (Wildman–Crippen LogP) is 3.36. The fourth-order valence-corrected chi connectivity index (χ4v) is 4.52. The monoisotopic (exact) mass is 404 g/mol. The van der Waals surface area contributed by atoms with E-state index in [0.717, 1.165) is 40.7 Å². The minimum atomic E-state index is -0.250. The van der Waals surface area contributed by atoms with E-state index in [4.69, 9.17) is 9.90 Å². The van der Waals surface area contributed by atoms with E-state index in [1.807, 2.05) is 54.3 Å². The van der Waals surface area contributed by atoms with E-state index in [1.54, 1.807) is 0 Å². The van der Waals surface area contributed by atoms with Gasteiger partial charge in [0, 0.05) is 35.7 Å². The molecule has 0 bridgehead atoms. The van der Waals surface area contributed by atoms with Crippen molar-refractivity contribution in [3.63, 3.8) is 0 Å². The van der Waals surface area contributed by atoms with Gasteiger partial charge in [-0.25, -0.2) is 0 Å². The number of aromatic nitrogens is 1. The average molecular weight is 404 g/mol. The highest BCUT2D eigenvalue weighted by atomic mass is 16.3. The molecule has 3 atom stereocenters. The number of likely N-dealkylation sites (tertiary alicyclic amines) is 1. The van der Waals surface area contributed by atoms with Crippen molar-refractivity contribution < 1.29 is 19.8 Å². The van der Waals surface area contributed by atoms with Crippen molar-refractivity contribution in [2.75, 3.05) is 13.1 Å². The zero-order chi connectivity index (χ0) is 21.3. The van der Waals surface area contributed by atoms with Gasteiger partial charge >= 0.3 is 0 Å². The Morgan fingerprint density at radius 2 is 1.83 bits per heavy atom. The summed E-state index contributed by atoms with van der Waals surface area (Å²) in [6, 6.07) is 18.1. The van der Waals surface area contributed by atoms with Crippen LogP contribution in [0.4, 0.5) is 0 Å². The minimum absolute atomic E-state index is 0.0679. The van der Waals surface area contributed by atoms with E-state index in [-0.39, 0.29) is 24.4 Å². The molecule has 30 heavy (non-hydrogen) atoms. The molecule has 6 nitrogen and oxygen atoms in total. The molecule has 2 fully saturated rings. The molecular weight excluding hydrogens is 380 g/mol. The highest BCUT2D eigenvalue weighted by Gasteiger charge is 2.47. The number of fused-ring (bicyclic) bond motifs is 2. The Hall–Kier alpha value is -3.25. The molecule has 6 heteroatoms. The zero-order valence-corrected chi connectivity index (χ0v) is 16.7. The summed E-state index contributed by atoms with van der Waals surface area (Å²) < 4.78 is 0. The SMILES string of the molecule is Cc1ccc2c(-c3ccc(C(=O)N4C[C@@H]5C[C@H](O)[C@@H]5C4)cc3)cccc2n1.O=CO. The number of carboxylic acid groups (broad SMARTS) is 1. The highest BCUT2D eigenvalue weighted by molar-refractivity contribution is 5.97. The Bertz CT molecular complexity index is 1080. The molecule has 1 aromatic heterocycles. The number of aryl methyl sites for hydroxylation is 1. The summed E-state index contributed by atoms with van der Waals surface area (Å²) in [5, 5.41) is 17.8. The molecular formula is C24H24N2O4. The van der Waals surface area contributed by atoms with Crippen LogP contribution in [0, 0.1) is 18.8 Å². The molecule has 154 valence electrons. The minimum Gasteiger partial charge on any atom is -0.483 e. The molecule has 1 amide bonds. The lowest BCUT2D eigenvalue weighted by Crippen LogP contribution is -2.39. The van der Waals surface area contributed by atoms with Gasteiger partial charge in [0.1, 0.15) is 0 Å². The summed E-state index contributed by atoms with van der Waals surface area (Å²) in [7, 11) is 0. The molecule has 2 heterocycles. The maximum absolute atomic E-state index is 12.8. The van der Waals surface area contributed by atoms with Crippen LogP contribution in [0.3, 0.4) is 0 Å². The Morgan fingerprint density at radius 1 is 1.10 bits per heavy atom. The molecule has 0 unspecified atom stereocenters. The van der Waals surface area contributed by atoms with Crippen LogP contribution in [-0.4, -0.2) is 51.7 Å². The topological polar surface area (TPSA) is 90.7 Å². The van der Waals surface area contributed by atoms with E-state index < -0.39 is 0 Å². The number of carbonyl (C=O) groups is 2. The average Bonchev–Trinajstić information content (AvgIpc) is 3.10. The summed E-state index contributed by atoms with van der Waals surface area (Å²) in [6.07, 6.45) is 0.612. The fraction of sp³-hybridized carbons (Fsp3) is 0.292. The van der Waals surface area contributed by atoms with E-state index >= 15 is 0 Å². The van der Waals surface area contributed by atoms with Gasteiger partial charge < -0.3 is 15.1 Å². The Morgan fingerprint density at radius 3 is 2.50 bits per heavy atom. The lowest BCUT2D eigenvalue weighted by molar-refractivity contribution is -0.122. The number of hydrogen-bond donors (Lipinski definition) is 2. The van der Waals surface area contributed by atoms with Gasteiger partial charge in [0.2, 0.25) is 0 Å². The quantitative estimate of drug-likeness (QED) is 0.639. The van der Waals surface area contributed by atoms with Gasteiger partial charge in [-0.15, -0.1) is 0 Å². The normalized spacial score (nSPS) is 21.9. The largest absolute Gasteiger partial charge is 0.483 e. The Kier molecular flexibility index (Phi) is 5.50. The van der Waals surface area contributed by atoms with Gasteiger partial charge in [-0.3, -0.25) is 14.6 Å². The molecule has 2 N–H and O–H groups in total. The lowest BCUT2D eigenvalue weighted by atomic mass is 9.74. The molecule has 0 spiro atoms.